The molecule has 0 aliphatic rings. The number of ether oxygens (including phenoxy) is 1. The molecule has 2 heterocycles. The molecule has 4 rings (SSSR count). The Morgan fingerprint density at radius 2 is 1.69 bits per heavy atom. The monoisotopic (exact) mass is 498 g/mol. The first-order valence-corrected chi connectivity index (χ1v) is 10.2. The van der Waals surface area contributed by atoms with Gasteiger partial charge >= 0.3 is 18.3 Å². The Balaban J connectivity index is 1.63. The molecule has 4 aromatic rings. The summed E-state index contributed by atoms with van der Waals surface area (Å²) < 4.78 is 90.3. The molecule has 0 saturated heterocycles. The molecule has 13 heteroatoms. The maximum Gasteiger partial charge on any atom is 0.416 e. The van der Waals surface area contributed by atoms with Crippen LogP contribution in [0.15, 0.2) is 47.1 Å². The first kappa shape index (κ1) is 24.2. The minimum absolute atomic E-state index is 0.0221. The van der Waals surface area contributed by atoms with Gasteiger partial charge in [0.1, 0.15) is 0 Å². The summed E-state index contributed by atoms with van der Waals surface area (Å²) in [5.74, 6) is -0.899. The Morgan fingerprint density at radius 3 is 2.31 bits per heavy atom. The smallest absolute Gasteiger partial charge is 0.416 e. The third-order valence-electron chi connectivity index (χ3n) is 4.99. The van der Waals surface area contributed by atoms with E-state index in [9.17, 15) is 31.1 Å². The van der Waals surface area contributed by atoms with Gasteiger partial charge in [-0.1, -0.05) is 5.16 Å². The van der Waals surface area contributed by atoms with Crippen molar-refractivity contribution < 1.29 is 40.4 Å². The minimum Gasteiger partial charge on any atom is -0.466 e. The average Bonchev–Trinajstić information content (AvgIpc) is 3.43. The Kier molecular flexibility index (Phi) is 6.26. The molecule has 0 unspecified atom stereocenters. The SMILES string of the molecule is CCOC(=O)CCn1ncc2cc(-c3noc(-c4cc(C(F)(F)F)cc(C(F)(F)F)c4)n3)ccc21. The predicted octanol–water partition coefficient (Wildman–Crippen LogP) is 5.74. The van der Waals surface area contributed by atoms with E-state index in [4.69, 9.17) is 9.26 Å². The maximum atomic E-state index is 13.1. The van der Waals surface area contributed by atoms with E-state index >= 15 is 0 Å². The topological polar surface area (TPSA) is 83.0 Å². The lowest BCUT2D eigenvalue weighted by Crippen LogP contribution is -2.11. The van der Waals surface area contributed by atoms with Crippen molar-refractivity contribution in [2.24, 2.45) is 0 Å². The Bertz CT molecular complexity index is 1340. The van der Waals surface area contributed by atoms with Gasteiger partial charge in [0, 0.05) is 16.5 Å². The lowest BCUT2D eigenvalue weighted by molar-refractivity contribution is -0.144. The van der Waals surface area contributed by atoms with Crippen molar-refractivity contribution in [1.82, 2.24) is 19.9 Å². The third kappa shape index (κ3) is 5.28. The second-order valence-corrected chi connectivity index (χ2v) is 7.41. The second-order valence-electron chi connectivity index (χ2n) is 7.41. The number of nitrogens with zero attached hydrogens (tertiary/aromatic N) is 4. The van der Waals surface area contributed by atoms with Crippen molar-refractivity contribution in [3.05, 3.63) is 53.7 Å². The van der Waals surface area contributed by atoms with Gasteiger partial charge in [0.25, 0.3) is 5.89 Å². The lowest BCUT2D eigenvalue weighted by Gasteiger charge is -2.12. The quantitative estimate of drug-likeness (QED) is 0.249. The molecule has 0 spiro atoms. The number of esters is 1. The molecule has 0 aliphatic heterocycles. The summed E-state index contributed by atoms with van der Waals surface area (Å²) in [6, 6.07) is 5.95. The number of halogens is 6. The summed E-state index contributed by atoms with van der Waals surface area (Å²) in [6.07, 6.45) is -8.35. The third-order valence-corrected chi connectivity index (χ3v) is 4.99. The summed E-state index contributed by atoms with van der Waals surface area (Å²) in [5.41, 5.74) is -2.40. The molecule has 0 saturated carbocycles. The molecule has 2 aromatic carbocycles. The van der Waals surface area contributed by atoms with Crippen LogP contribution in [0.4, 0.5) is 26.3 Å². The van der Waals surface area contributed by atoms with Crippen LogP contribution in [-0.4, -0.2) is 32.5 Å². The summed E-state index contributed by atoms with van der Waals surface area (Å²) in [6.45, 7) is 2.26. The fourth-order valence-electron chi connectivity index (χ4n) is 3.37. The molecule has 0 N–H and O–H groups in total. The van der Waals surface area contributed by atoms with Crippen molar-refractivity contribution in [3.8, 4) is 22.8 Å². The number of rotatable bonds is 6. The fraction of sp³-hybridized carbons (Fsp3) is 0.273. The van der Waals surface area contributed by atoms with Crippen LogP contribution >= 0.6 is 0 Å². The highest BCUT2D eigenvalue weighted by molar-refractivity contribution is 5.83. The van der Waals surface area contributed by atoms with E-state index in [1.165, 1.54) is 6.20 Å². The molecule has 0 bridgehead atoms. The normalized spacial score (nSPS) is 12.3. The zero-order valence-corrected chi connectivity index (χ0v) is 17.9. The van der Waals surface area contributed by atoms with Crippen LogP contribution in [0.3, 0.4) is 0 Å². The summed E-state index contributed by atoms with van der Waals surface area (Å²) in [4.78, 5) is 15.6. The summed E-state index contributed by atoms with van der Waals surface area (Å²) in [5, 5.41) is 8.56. The average molecular weight is 498 g/mol. The van der Waals surface area contributed by atoms with Crippen LogP contribution in [0.2, 0.25) is 0 Å². The van der Waals surface area contributed by atoms with Gasteiger partial charge in [0.05, 0.1) is 42.4 Å². The highest BCUT2D eigenvalue weighted by atomic mass is 19.4. The van der Waals surface area contributed by atoms with Gasteiger partial charge in [0.2, 0.25) is 5.82 Å². The first-order valence-electron chi connectivity index (χ1n) is 10.2. The number of carbonyl (C=O) groups excluding carboxylic acids is 1. The zero-order valence-electron chi connectivity index (χ0n) is 17.9. The summed E-state index contributed by atoms with van der Waals surface area (Å²) in [7, 11) is 0. The predicted molar refractivity (Wildman–Crippen MR) is 110 cm³/mol. The molecule has 2 aromatic heterocycles. The standard InChI is InChI=1S/C22H16F6N4O3/c1-2-34-18(33)5-6-32-17-4-3-12(7-14(17)11-29-32)19-30-20(35-31-19)13-8-15(21(23,24)25)10-16(9-13)22(26,27)28/h3-4,7-11H,2,5-6H2,1H3. The zero-order chi connectivity index (χ0) is 25.4. The Hall–Kier alpha value is -3.90. The van der Waals surface area contributed by atoms with Crippen molar-refractivity contribution in [2.45, 2.75) is 32.2 Å². The van der Waals surface area contributed by atoms with Gasteiger partial charge in [-0.2, -0.15) is 36.4 Å². The van der Waals surface area contributed by atoms with E-state index in [0.29, 0.717) is 28.6 Å². The van der Waals surface area contributed by atoms with Crippen molar-refractivity contribution >= 4 is 16.9 Å². The fourth-order valence-corrected chi connectivity index (χ4v) is 3.37. The highest BCUT2D eigenvalue weighted by Crippen LogP contribution is 2.38. The summed E-state index contributed by atoms with van der Waals surface area (Å²) >= 11 is 0. The van der Waals surface area contributed by atoms with Crippen molar-refractivity contribution in [3.63, 3.8) is 0 Å². The number of hydrogen-bond donors (Lipinski definition) is 0. The van der Waals surface area contributed by atoms with Gasteiger partial charge in [0.15, 0.2) is 0 Å². The molecule has 0 aliphatic carbocycles. The maximum absolute atomic E-state index is 13.1. The number of fused-ring (bicyclic) bond motifs is 1. The van der Waals surface area contributed by atoms with Crippen LogP contribution in [0.5, 0.6) is 0 Å². The molecule has 184 valence electrons. The van der Waals surface area contributed by atoms with E-state index in [1.807, 2.05) is 0 Å². The Labute approximate surface area is 193 Å². The first-order chi connectivity index (χ1) is 16.5. The van der Waals surface area contributed by atoms with Crippen LogP contribution in [0.1, 0.15) is 24.5 Å². The number of hydrogen-bond acceptors (Lipinski definition) is 6. The molecule has 35 heavy (non-hydrogen) atoms. The lowest BCUT2D eigenvalue weighted by atomic mass is 10.0. The molecular formula is C22H16F6N4O3. The number of aryl methyl sites for hydroxylation is 1. The second kappa shape index (κ2) is 9.04. The van der Waals surface area contributed by atoms with Crippen LogP contribution in [0, 0.1) is 0 Å². The number of aromatic nitrogens is 4. The van der Waals surface area contributed by atoms with Crippen LogP contribution < -0.4 is 0 Å². The molecule has 0 fully saturated rings. The van der Waals surface area contributed by atoms with Gasteiger partial charge < -0.3 is 9.26 Å². The van der Waals surface area contributed by atoms with Gasteiger partial charge in [-0.15, -0.1) is 0 Å². The molecule has 7 nitrogen and oxygen atoms in total. The van der Waals surface area contributed by atoms with E-state index in [1.54, 1.807) is 29.8 Å². The van der Waals surface area contributed by atoms with Crippen molar-refractivity contribution in [2.75, 3.05) is 6.61 Å². The van der Waals surface area contributed by atoms with Crippen LogP contribution in [-0.2, 0) is 28.4 Å². The van der Waals surface area contributed by atoms with Gasteiger partial charge in [-0.3, -0.25) is 9.48 Å². The van der Waals surface area contributed by atoms with E-state index < -0.39 is 34.9 Å². The van der Waals surface area contributed by atoms with E-state index in [2.05, 4.69) is 15.2 Å². The Morgan fingerprint density at radius 1 is 1.00 bits per heavy atom. The van der Waals surface area contributed by atoms with Crippen LogP contribution in [0.25, 0.3) is 33.7 Å². The number of carbonyl (C=O) groups is 1. The molecule has 0 amide bonds. The number of alkyl halides is 6. The molecule has 0 atom stereocenters. The van der Waals surface area contributed by atoms with Gasteiger partial charge in [-0.05, 0) is 43.3 Å². The molecule has 0 radical (unpaired) electrons. The van der Waals surface area contributed by atoms with E-state index in [-0.39, 0.29) is 37.4 Å². The molecular weight excluding hydrogens is 482 g/mol. The largest absolute Gasteiger partial charge is 0.466 e. The van der Waals surface area contributed by atoms with Crippen molar-refractivity contribution in [1.29, 1.82) is 0 Å². The van der Waals surface area contributed by atoms with Gasteiger partial charge in [-0.25, -0.2) is 0 Å². The highest BCUT2D eigenvalue weighted by Gasteiger charge is 2.37. The van der Waals surface area contributed by atoms with E-state index in [0.717, 1.165) is 0 Å². The number of benzene rings is 2. The minimum atomic E-state index is -5.00.